The molecule has 0 unspecified atom stereocenters. The third-order valence-corrected chi connectivity index (χ3v) is 4.46. The number of ether oxygens (including phenoxy) is 1. The molecule has 4 aromatic rings. The average Bonchev–Trinajstić information content (AvgIpc) is 3.12. The molecular weight excluding hydrogens is 362 g/mol. The number of esters is 1. The Morgan fingerprint density at radius 3 is 2.52 bits per heavy atom. The number of aromatic nitrogens is 3. The molecular formula is C21H16ClN3O2. The highest BCUT2D eigenvalue weighted by Crippen LogP contribution is 2.28. The lowest BCUT2D eigenvalue weighted by atomic mass is 10.1. The molecule has 2 aromatic carbocycles. The van der Waals surface area contributed by atoms with Gasteiger partial charge in [0, 0.05) is 22.2 Å². The van der Waals surface area contributed by atoms with E-state index in [1.165, 1.54) is 4.52 Å². The summed E-state index contributed by atoms with van der Waals surface area (Å²) in [5, 5.41) is 5.13. The van der Waals surface area contributed by atoms with E-state index in [2.05, 4.69) is 10.1 Å². The summed E-state index contributed by atoms with van der Waals surface area (Å²) in [5.74, 6) is -0.457. The normalized spacial score (nSPS) is 10.9. The van der Waals surface area contributed by atoms with Crippen LogP contribution in [-0.4, -0.2) is 27.2 Å². The minimum Gasteiger partial charge on any atom is -0.461 e. The second-order valence-corrected chi connectivity index (χ2v) is 6.30. The molecule has 0 amide bonds. The van der Waals surface area contributed by atoms with Crippen molar-refractivity contribution in [2.75, 3.05) is 6.61 Å². The lowest BCUT2D eigenvalue weighted by Crippen LogP contribution is -2.12. The van der Waals surface area contributed by atoms with Crippen molar-refractivity contribution >= 4 is 23.2 Å². The predicted molar refractivity (Wildman–Crippen MR) is 105 cm³/mol. The molecule has 0 spiro atoms. The number of benzene rings is 2. The molecule has 0 bridgehead atoms. The van der Waals surface area contributed by atoms with Gasteiger partial charge in [-0.2, -0.15) is 5.10 Å². The summed E-state index contributed by atoms with van der Waals surface area (Å²) in [5.41, 5.74) is 3.86. The summed E-state index contributed by atoms with van der Waals surface area (Å²) in [6, 6.07) is 20.6. The van der Waals surface area contributed by atoms with Crippen LogP contribution < -0.4 is 0 Å². The summed E-state index contributed by atoms with van der Waals surface area (Å²) in [6.45, 7) is 2.04. The van der Waals surface area contributed by atoms with Gasteiger partial charge in [0.2, 0.25) is 0 Å². The summed E-state index contributed by atoms with van der Waals surface area (Å²) in [6.07, 6.45) is 0. The molecule has 5 nitrogen and oxygen atoms in total. The van der Waals surface area contributed by atoms with Crippen molar-refractivity contribution in [3.63, 3.8) is 0 Å². The number of hydrogen-bond acceptors (Lipinski definition) is 4. The summed E-state index contributed by atoms with van der Waals surface area (Å²) < 4.78 is 6.73. The first-order valence-corrected chi connectivity index (χ1v) is 8.93. The Balaban J connectivity index is 1.94. The fraction of sp³-hybridized carbons (Fsp3) is 0.0952. The summed E-state index contributed by atoms with van der Waals surface area (Å²) >= 11 is 6.33. The number of carbonyl (C=O) groups is 1. The van der Waals surface area contributed by atoms with E-state index in [1.54, 1.807) is 19.1 Å². The second-order valence-electron chi connectivity index (χ2n) is 5.89. The van der Waals surface area contributed by atoms with Crippen LogP contribution in [0.3, 0.4) is 0 Å². The van der Waals surface area contributed by atoms with Crippen LogP contribution in [0.1, 0.15) is 17.4 Å². The van der Waals surface area contributed by atoms with Crippen molar-refractivity contribution in [2.24, 2.45) is 0 Å². The zero-order valence-corrected chi connectivity index (χ0v) is 15.3. The van der Waals surface area contributed by atoms with E-state index in [0.717, 1.165) is 16.8 Å². The van der Waals surface area contributed by atoms with Crippen LogP contribution in [-0.2, 0) is 4.74 Å². The molecule has 2 aromatic heterocycles. The average molecular weight is 378 g/mol. The van der Waals surface area contributed by atoms with Gasteiger partial charge in [-0.1, -0.05) is 60.1 Å². The molecule has 0 N–H and O–H groups in total. The van der Waals surface area contributed by atoms with E-state index >= 15 is 0 Å². The first-order chi connectivity index (χ1) is 13.2. The molecule has 2 heterocycles. The largest absolute Gasteiger partial charge is 0.461 e. The molecule has 6 heteroatoms. The van der Waals surface area contributed by atoms with Crippen molar-refractivity contribution in [3.8, 4) is 22.5 Å². The second kappa shape index (κ2) is 7.21. The Bertz CT molecular complexity index is 1120. The van der Waals surface area contributed by atoms with Gasteiger partial charge in [-0.25, -0.2) is 14.3 Å². The number of halogens is 1. The molecule has 0 aliphatic rings. The van der Waals surface area contributed by atoms with Gasteiger partial charge >= 0.3 is 5.97 Å². The summed E-state index contributed by atoms with van der Waals surface area (Å²) in [7, 11) is 0. The molecule has 27 heavy (non-hydrogen) atoms. The highest BCUT2D eigenvalue weighted by molar-refractivity contribution is 6.33. The number of fused-ring (bicyclic) bond motifs is 1. The van der Waals surface area contributed by atoms with E-state index in [0.29, 0.717) is 22.1 Å². The molecule has 0 aliphatic carbocycles. The third kappa shape index (κ3) is 3.29. The number of carbonyl (C=O) groups excluding carboxylic acids is 1. The fourth-order valence-electron chi connectivity index (χ4n) is 2.88. The van der Waals surface area contributed by atoms with Crippen LogP contribution in [0.5, 0.6) is 0 Å². The van der Waals surface area contributed by atoms with Crippen molar-refractivity contribution < 1.29 is 9.53 Å². The highest BCUT2D eigenvalue weighted by atomic mass is 35.5. The number of rotatable bonds is 4. The SMILES string of the molecule is CCOC(=O)c1cc(-c2ccccc2Cl)nc2cc(-c3ccccc3)nn12. The Morgan fingerprint density at radius 2 is 1.78 bits per heavy atom. The zero-order chi connectivity index (χ0) is 18.8. The van der Waals surface area contributed by atoms with Crippen LogP contribution in [0.2, 0.25) is 5.02 Å². The van der Waals surface area contributed by atoms with Crippen LogP contribution in [0.15, 0.2) is 66.7 Å². The van der Waals surface area contributed by atoms with Crippen LogP contribution in [0.25, 0.3) is 28.2 Å². The zero-order valence-electron chi connectivity index (χ0n) is 14.6. The maximum absolute atomic E-state index is 12.5. The first-order valence-electron chi connectivity index (χ1n) is 8.55. The van der Waals surface area contributed by atoms with Crippen molar-refractivity contribution in [1.29, 1.82) is 0 Å². The number of nitrogens with zero attached hydrogens (tertiary/aromatic N) is 3. The Hall–Kier alpha value is -3.18. The van der Waals surface area contributed by atoms with E-state index in [1.807, 2.05) is 54.6 Å². The minimum absolute atomic E-state index is 0.275. The molecule has 4 rings (SSSR count). The lowest BCUT2D eigenvalue weighted by Gasteiger charge is -2.08. The standard InChI is InChI=1S/C21H16ClN3O2/c1-2-27-21(26)19-12-18(15-10-6-7-11-16(15)22)23-20-13-17(24-25(19)20)14-8-4-3-5-9-14/h3-13H,2H2,1H3. The maximum Gasteiger partial charge on any atom is 0.357 e. The van der Waals surface area contributed by atoms with E-state index in [4.69, 9.17) is 16.3 Å². The predicted octanol–water partition coefficient (Wildman–Crippen LogP) is 4.89. The highest BCUT2D eigenvalue weighted by Gasteiger charge is 2.18. The molecule has 0 saturated carbocycles. The smallest absolute Gasteiger partial charge is 0.357 e. The van der Waals surface area contributed by atoms with Crippen LogP contribution in [0, 0.1) is 0 Å². The Labute approximate surface area is 161 Å². The molecule has 0 radical (unpaired) electrons. The van der Waals surface area contributed by atoms with Gasteiger partial charge in [0.15, 0.2) is 11.3 Å². The Morgan fingerprint density at radius 1 is 1.04 bits per heavy atom. The fourth-order valence-corrected chi connectivity index (χ4v) is 3.11. The maximum atomic E-state index is 12.5. The van der Waals surface area contributed by atoms with Gasteiger partial charge in [-0.15, -0.1) is 0 Å². The molecule has 134 valence electrons. The Kier molecular flexibility index (Phi) is 4.60. The molecule has 0 fully saturated rings. The van der Waals surface area contributed by atoms with E-state index < -0.39 is 5.97 Å². The molecule has 0 aliphatic heterocycles. The van der Waals surface area contributed by atoms with Gasteiger partial charge in [0.1, 0.15) is 0 Å². The van der Waals surface area contributed by atoms with E-state index in [-0.39, 0.29) is 6.61 Å². The molecule has 0 saturated heterocycles. The van der Waals surface area contributed by atoms with Gasteiger partial charge in [-0.3, -0.25) is 0 Å². The van der Waals surface area contributed by atoms with Crippen molar-refractivity contribution in [1.82, 2.24) is 14.6 Å². The van der Waals surface area contributed by atoms with Gasteiger partial charge in [-0.05, 0) is 19.1 Å². The summed E-state index contributed by atoms with van der Waals surface area (Å²) in [4.78, 5) is 17.2. The van der Waals surface area contributed by atoms with Crippen molar-refractivity contribution in [2.45, 2.75) is 6.92 Å². The van der Waals surface area contributed by atoms with Gasteiger partial charge in [0.25, 0.3) is 0 Å². The lowest BCUT2D eigenvalue weighted by molar-refractivity contribution is 0.0516. The quantitative estimate of drug-likeness (QED) is 0.475. The van der Waals surface area contributed by atoms with Crippen LogP contribution in [0.4, 0.5) is 0 Å². The van der Waals surface area contributed by atoms with E-state index in [9.17, 15) is 4.79 Å². The van der Waals surface area contributed by atoms with Crippen LogP contribution >= 0.6 is 11.6 Å². The van der Waals surface area contributed by atoms with Gasteiger partial charge in [0.05, 0.1) is 18.0 Å². The first kappa shape index (κ1) is 17.2. The minimum atomic E-state index is -0.457. The number of hydrogen-bond donors (Lipinski definition) is 0. The monoisotopic (exact) mass is 377 g/mol. The topological polar surface area (TPSA) is 56.5 Å². The van der Waals surface area contributed by atoms with Crippen molar-refractivity contribution in [3.05, 3.63) is 77.4 Å². The third-order valence-electron chi connectivity index (χ3n) is 4.13. The van der Waals surface area contributed by atoms with Gasteiger partial charge < -0.3 is 4.74 Å². The molecule has 0 atom stereocenters.